The van der Waals surface area contributed by atoms with Crippen LogP contribution >= 0.6 is 0 Å². The summed E-state index contributed by atoms with van der Waals surface area (Å²) in [4.78, 5) is 25.8. The van der Waals surface area contributed by atoms with Crippen LogP contribution in [0.4, 0.5) is 0 Å². The maximum atomic E-state index is 11.8. The number of rotatable bonds is 3. The van der Waals surface area contributed by atoms with Crippen LogP contribution < -0.4 is 0 Å². The van der Waals surface area contributed by atoms with Gasteiger partial charge < -0.3 is 9.72 Å². The second-order valence-electron chi connectivity index (χ2n) is 3.42. The minimum Gasteiger partial charge on any atom is -0.469 e. The third kappa shape index (κ3) is 1.82. The van der Waals surface area contributed by atoms with E-state index in [1.165, 1.54) is 7.11 Å². The van der Waals surface area contributed by atoms with Crippen LogP contribution in [0.25, 0.3) is 10.9 Å². The summed E-state index contributed by atoms with van der Waals surface area (Å²) in [7, 11) is 1.27. The van der Waals surface area contributed by atoms with Gasteiger partial charge in [0, 0.05) is 22.7 Å². The number of aromatic nitrogens is 1. The van der Waals surface area contributed by atoms with E-state index >= 15 is 0 Å². The Labute approximate surface area is 92.2 Å². The first-order valence-electron chi connectivity index (χ1n) is 4.88. The highest BCUT2D eigenvalue weighted by Gasteiger charge is 2.15. The number of carbonyl (C=O) groups is 2. The van der Waals surface area contributed by atoms with Crippen LogP contribution in [-0.4, -0.2) is 23.8 Å². The molecule has 0 radical (unpaired) electrons. The maximum Gasteiger partial charge on any atom is 0.313 e. The van der Waals surface area contributed by atoms with Gasteiger partial charge in [0.05, 0.1) is 7.11 Å². The van der Waals surface area contributed by atoms with Crippen molar-refractivity contribution in [3.8, 4) is 0 Å². The Morgan fingerprint density at radius 3 is 2.81 bits per heavy atom. The van der Waals surface area contributed by atoms with Gasteiger partial charge in [-0.3, -0.25) is 9.59 Å². The molecule has 0 aliphatic rings. The Hall–Kier alpha value is -2.10. The molecule has 0 spiro atoms. The van der Waals surface area contributed by atoms with E-state index in [-0.39, 0.29) is 12.2 Å². The number of benzene rings is 1. The number of ketones is 1. The van der Waals surface area contributed by atoms with E-state index < -0.39 is 5.97 Å². The first kappa shape index (κ1) is 10.4. The van der Waals surface area contributed by atoms with E-state index in [1.807, 2.05) is 24.3 Å². The number of Topliss-reactive ketones (excluding diaryl/α,β-unsaturated/α-hetero) is 1. The highest BCUT2D eigenvalue weighted by molar-refractivity contribution is 6.13. The molecule has 82 valence electrons. The summed E-state index contributed by atoms with van der Waals surface area (Å²) in [6, 6.07) is 7.46. The van der Waals surface area contributed by atoms with Crippen molar-refractivity contribution >= 4 is 22.7 Å². The zero-order valence-electron chi connectivity index (χ0n) is 8.82. The quantitative estimate of drug-likeness (QED) is 0.485. The molecule has 0 amide bonds. The predicted molar refractivity (Wildman–Crippen MR) is 59.3 cm³/mol. The monoisotopic (exact) mass is 217 g/mol. The lowest BCUT2D eigenvalue weighted by Gasteiger charge is -1.98. The highest BCUT2D eigenvalue weighted by atomic mass is 16.5. The molecule has 1 aromatic carbocycles. The van der Waals surface area contributed by atoms with Crippen LogP contribution in [-0.2, 0) is 9.53 Å². The molecule has 0 saturated heterocycles. The molecule has 2 aromatic rings. The molecule has 4 heteroatoms. The van der Waals surface area contributed by atoms with Crippen molar-refractivity contribution in [1.82, 2.24) is 4.98 Å². The number of ether oxygens (including phenoxy) is 1. The average molecular weight is 217 g/mol. The molecule has 0 atom stereocenters. The van der Waals surface area contributed by atoms with Gasteiger partial charge in [-0.15, -0.1) is 0 Å². The summed E-state index contributed by atoms with van der Waals surface area (Å²) in [6.07, 6.45) is 1.40. The molecular formula is C12H11NO3. The zero-order valence-corrected chi connectivity index (χ0v) is 8.82. The lowest BCUT2D eigenvalue weighted by atomic mass is 10.1. The topological polar surface area (TPSA) is 59.2 Å². The highest BCUT2D eigenvalue weighted by Crippen LogP contribution is 2.19. The van der Waals surface area contributed by atoms with E-state index in [9.17, 15) is 9.59 Å². The number of fused-ring (bicyclic) bond motifs is 1. The van der Waals surface area contributed by atoms with E-state index in [2.05, 4.69) is 9.72 Å². The van der Waals surface area contributed by atoms with Gasteiger partial charge in [0.15, 0.2) is 5.78 Å². The van der Waals surface area contributed by atoms with Gasteiger partial charge in [-0.2, -0.15) is 0 Å². The number of nitrogens with one attached hydrogen (secondary N) is 1. The van der Waals surface area contributed by atoms with Crippen LogP contribution in [0.2, 0.25) is 0 Å². The van der Waals surface area contributed by atoms with Gasteiger partial charge in [-0.25, -0.2) is 0 Å². The van der Waals surface area contributed by atoms with E-state index in [1.54, 1.807) is 6.20 Å². The predicted octanol–water partition coefficient (Wildman–Crippen LogP) is 1.91. The third-order valence-electron chi connectivity index (χ3n) is 2.42. The Bertz CT molecular complexity index is 542. The van der Waals surface area contributed by atoms with E-state index in [0.29, 0.717) is 5.56 Å². The molecule has 4 nitrogen and oxygen atoms in total. The lowest BCUT2D eigenvalue weighted by molar-refractivity contribution is -0.139. The van der Waals surface area contributed by atoms with Crippen molar-refractivity contribution < 1.29 is 14.3 Å². The van der Waals surface area contributed by atoms with E-state index in [0.717, 1.165) is 10.9 Å². The summed E-state index contributed by atoms with van der Waals surface area (Å²) in [6.45, 7) is 0. The molecule has 0 saturated carbocycles. The minimum atomic E-state index is -0.518. The summed E-state index contributed by atoms with van der Waals surface area (Å²) in [5.74, 6) is -0.750. The molecule has 0 unspecified atom stereocenters. The molecule has 0 aliphatic heterocycles. The Morgan fingerprint density at radius 1 is 1.31 bits per heavy atom. The number of hydrogen-bond donors (Lipinski definition) is 1. The number of methoxy groups -OCH3 is 1. The van der Waals surface area contributed by atoms with Gasteiger partial charge in [0.1, 0.15) is 6.42 Å². The number of H-pyrrole nitrogens is 1. The summed E-state index contributed by atoms with van der Waals surface area (Å²) >= 11 is 0. The molecule has 0 bridgehead atoms. The van der Waals surface area contributed by atoms with E-state index in [4.69, 9.17) is 0 Å². The molecule has 16 heavy (non-hydrogen) atoms. The van der Waals surface area contributed by atoms with Crippen molar-refractivity contribution in [2.24, 2.45) is 0 Å². The zero-order chi connectivity index (χ0) is 11.5. The van der Waals surface area contributed by atoms with Crippen LogP contribution in [0.1, 0.15) is 16.8 Å². The standard InChI is InChI=1S/C12H11NO3/c1-16-12(15)6-11(14)9-7-13-10-5-3-2-4-8(9)10/h2-5,7,13H,6H2,1H3. The number of para-hydroxylation sites is 1. The lowest BCUT2D eigenvalue weighted by Crippen LogP contribution is -2.08. The molecule has 1 aromatic heterocycles. The summed E-state index contributed by atoms with van der Waals surface area (Å²) in [5.41, 5.74) is 1.41. The van der Waals surface area contributed by atoms with Gasteiger partial charge in [-0.1, -0.05) is 18.2 Å². The average Bonchev–Trinajstić information content (AvgIpc) is 2.72. The maximum absolute atomic E-state index is 11.8. The van der Waals surface area contributed by atoms with Crippen molar-refractivity contribution in [2.45, 2.75) is 6.42 Å². The third-order valence-corrected chi connectivity index (χ3v) is 2.42. The molecule has 1 N–H and O–H groups in total. The fourth-order valence-electron chi connectivity index (χ4n) is 1.60. The van der Waals surface area contributed by atoms with Gasteiger partial charge in [-0.05, 0) is 6.07 Å². The molecule has 2 rings (SSSR count). The molecule has 1 heterocycles. The van der Waals surface area contributed by atoms with Gasteiger partial charge in [0.2, 0.25) is 0 Å². The number of esters is 1. The van der Waals surface area contributed by atoms with Crippen molar-refractivity contribution in [2.75, 3.05) is 7.11 Å². The molecule has 0 aliphatic carbocycles. The van der Waals surface area contributed by atoms with Crippen molar-refractivity contribution in [1.29, 1.82) is 0 Å². The van der Waals surface area contributed by atoms with Gasteiger partial charge >= 0.3 is 5.97 Å². The Kier molecular flexibility index (Phi) is 2.72. The molecular weight excluding hydrogens is 206 g/mol. The Morgan fingerprint density at radius 2 is 2.06 bits per heavy atom. The van der Waals surface area contributed by atoms with Crippen LogP contribution in [0, 0.1) is 0 Å². The normalized spacial score (nSPS) is 10.3. The number of carbonyl (C=O) groups excluding carboxylic acids is 2. The summed E-state index contributed by atoms with van der Waals surface area (Å²) < 4.78 is 4.46. The Balaban J connectivity index is 2.33. The second-order valence-corrected chi connectivity index (χ2v) is 3.42. The SMILES string of the molecule is COC(=O)CC(=O)c1c[nH]c2ccccc12. The largest absolute Gasteiger partial charge is 0.469 e. The minimum absolute atomic E-state index is 0.224. The summed E-state index contributed by atoms with van der Waals surface area (Å²) in [5, 5.41) is 0.830. The number of aromatic amines is 1. The smallest absolute Gasteiger partial charge is 0.313 e. The number of hydrogen-bond acceptors (Lipinski definition) is 3. The van der Waals surface area contributed by atoms with Crippen molar-refractivity contribution in [3.63, 3.8) is 0 Å². The van der Waals surface area contributed by atoms with Crippen LogP contribution in [0.5, 0.6) is 0 Å². The first-order chi connectivity index (χ1) is 7.72. The first-order valence-corrected chi connectivity index (χ1v) is 4.88. The van der Waals surface area contributed by atoms with Crippen LogP contribution in [0.15, 0.2) is 30.5 Å². The second kappa shape index (κ2) is 4.18. The fourth-order valence-corrected chi connectivity index (χ4v) is 1.60. The molecule has 0 fully saturated rings. The van der Waals surface area contributed by atoms with Crippen molar-refractivity contribution in [3.05, 3.63) is 36.0 Å². The van der Waals surface area contributed by atoms with Crippen LogP contribution in [0.3, 0.4) is 0 Å². The van der Waals surface area contributed by atoms with Gasteiger partial charge in [0.25, 0.3) is 0 Å². The fraction of sp³-hybridized carbons (Fsp3) is 0.167.